The maximum Gasteiger partial charge on any atom is 0.472 e. The third-order valence-corrected chi connectivity index (χ3v) is 7.55. The van der Waals surface area contributed by atoms with E-state index in [2.05, 4.69) is 17.0 Å². The van der Waals surface area contributed by atoms with Crippen molar-refractivity contribution in [1.82, 2.24) is 14.8 Å². The standard InChI is InChI=1S/C22H41N4O9PS/c1-4-5-6-7-8-9-10-15(2)34-16(13-37-3)11-32-36(30,31)33-12-17-18(27)19(28)22(35-17)26-14-24-21(25-26)20(23)29/h14-19,22,27-28H,4-13H2,1-3H3,(H2,23,29)(H,30,31)/t15?,16-,17?,18?,19?,22?/m1/s1. The maximum absolute atomic E-state index is 12.5. The predicted molar refractivity (Wildman–Crippen MR) is 137 cm³/mol. The van der Waals surface area contributed by atoms with Crippen LogP contribution in [0.25, 0.3) is 0 Å². The van der Waals surface area contributed by atoms with Gasteiger partial charge in [-0.15, -0.1) is 5.10 Å². The fraction of sp³-hybridized carbons (Fsp3) is 0.864. The summed E-state index contributed by atoms with van der Waals surface area (Å²) >= 11 is 1.54. The number of unbranched alkanes of at least 4 members (excludes halogenated alkanes) is 5. The zero-order valence-electron chi connectivity index (χ0n) is 21.7. The number of hydrogen-bond donors (Lipinski definition) is 4. The van der Waals surface area contributed by atoms with Gasteiger partial charge in [-0.25, -0.2) is 14.2 Å². The number of phosphoric ester groups is 1. The van der Waals surface area contributed by atoms with E-state index in [4.69, 9.17) is 24.3 Å². The van der Waals surface area contributed by atoms with Gasteiger partial charge in [-0.2, -0.15) is 11.8 Å². The molecule has 13 nitrogen and oxygen atoms in total. The van der Waals surface area contributed by atoms with Crippen LogP contribution in [0.2, 0.25) is 0 Å². The normalized spacial score (nSPS) is 25.1. The second-order valence-corrected chi connectivity index (χ2v) is 11.5. The number of ether oxygens (including phenoxy) is 2. The number of amides is 1. The zero-order chi connectivity index (χ0) is 27.4. The minimum Gasteiger partial charge on any atom is -0.387 e. The van der Waals surface area contributed by atoms with E-state index in [9.17, 15) is 24.5 Å². The van der Waals surface area contributed by atoms with Crippen LogP contribution in [-0.4, -0.2) is 91.5 Å². The summed E-state index contributed by atoms with van der Waals surface area (Å²) in [7, 11) is -4.51. The summed E-state index contributed by atoms with van der Waals surface area (Å²) in [5.74, 6) is -0.586. The highest BCUT2D eigenvalue weighted by atomic mass is 32.2. The smallest absolute Gasteiger partial charge is 0.387 e. The second-order valence-electron chi connectivity index (χ2n) is 9.10. The molecule has 0 aromatic carbocycles. The van der Waals surface area contributed by atoms with Gasteiger partial charge in [-0.3, -0.25) is 13.8 Å². The minimum atomic E-state index is -4.51. The van der Waals surface area contributed by atoms with Crippen molar-refractivity contribution in [1.29, 1.82) is 0 Å². The van der Waals surface area contributed by atoms with Gasteiger partial charge in [-0.05, 0) is 19.6 Å². The van der Waals surface area contributed by atoms with Crippen molar-refractivity contribution in [2.75, 3.05) is 25.2 Å². The molecular formula is C22H41N4O9PS. The Balaban J connectivity index is 1.78. The van der Waals surface area contributed by atoms with Crippen molar-refractivity contribution in [3.63, 3.8) is 0 Å². The highest BCUT2D eigenvalue weighted by Gasteiger charge is 2.45. The third kappa shape index (κ3) is 10.9. The molecule has 0 saturated carbocycles. The predicted octanol–water partition coefficient (Wildman–Crippen LogP) is 2.02. The first kappa shape index (κ1) is 32.1. The quantitative estimate of drug-likeness (QED) is 0.141. The van der Waals surface area contributed by atoms with E-state index >= 15 is 0 Å². The average molecular weight is 569 g/mol. The Kier molecular flexibility index (Phi) is 14.0. The summed E-state index contributed by atoms with van der Waals surface area (Å²) < 4.78 is 35.2. The Bertz CT molecular complexity index is 864. The molecule has 0 aliphatic carbocycles. The van der Waals surface area contributed by atoms with Gasteiger partial charge in [0.05, 0.1) is 25.4 Å². The van der Waals surface area contributed by atoms with Crippen LogP contribution in [0.5, 0.6) is 0 Å². The van der Waals surface area contributed by atoms with Crippen molar-refractivity contribution in [2.45, 2.75) is 95.5 Å². The van der Waals surface area contributed by atoms with Crippen LogP contribution in [-0.2, 0) is 23.1 Å². The van der Waals surface area contributed by atoms with Gasteiger partial charge in [0.15, 0.2) is 6.23 Å². The molecule has 1 fully saturated rings. The molecule has 1 saturated heterocycles. The number of nitrogens with two attached hydrogens (primary N) is 1. The Morgan fingerprint density at radius 3 is 2.59 bits per heavy atom. The largest absolute Gasteiger partial charge is 0.472 e. The molecule has 0 radical (unpaired) electrons. The molecule has 2 rings (SSSR count). The van der Waals surface area contributed by atoms with Crippen LogP contribution < -0.4 is 5.73 Å². The topological polar surface area (TPSA) is 188 Å². The maximum atomic E-state index is 12.5. The summed E-state index contributed by atoms with van der Waals surface area (Å²) in [6.07, 6.45) is 5.39. The number of carbonyl (C=O) groups excluding carboxylic acids is 1. The van der Waals surface area contributed by atoms with Crippen molar-refractivity contribution in [3.8, 4) is 0 Å². The molecule has 1 aliphatic rings. The van der Waals surface area contributed by atoms with E-state index in [1.165, 1.54) is 37.4 Å². The number of nitrogens with zero attached hydrogens (tertiary/aromatic N) is 3. The van der Waals surface area contributed by atoms with Gasteiger partial charge in [0, 0.05) is 5.75 Å². The Morgan fingerprint density at radius 2 is 1.95 bits per heavy atom. The summed E-state index contributed by atoms with van der Waals surface area (Å²) in [6.45, 7) is 3.48. The average Bonchev–Trinajstić information content (AvgIpc) is 3.44. The Morgan fingerprint density at radius 1 is 1.24 bits per heavy atom. The van der Waals surface area contributed by atoms with Crippen molar-refractivity contribution >= 4 is 25.5 Å². The van der Waals surface area contributed by atoms with Crippen LogP contribution in [0.3, 0.4) is 0 Å². The molecule has 1 aliphatic heterocycles. The van der Waals surface area contributed by atoms with E-state index < -0.39 is 51.0 Å². The molecule has 0 bridgehead atoms. The van der Waals surface area contributed by atoms with Gasteiger partial charge in [-0.1, -0.05) is 45.4 Å². The van der Waals surface area contributed by atoms with E-state index in [-0.39, 0.29) is 18.5 Å². The summed E-state index contributed by atoms with van der Waals surface area (Å²) in [4.78, 5) is 25.0. The summed E-state index contributed by atoms with van der Waals surface area (Å²) in [5.41, 5.74) is 5.11. The van der Waals surface area contributed by atoms with Gasteiger partial charge >= 0.3 is 7.82 Å². The van der Waals surface area contributed by atoms with Crippen molar-refractivity contribution in [2.24, 2.45) is 5.73 Å². The number of aliphatic hydroxyl groups excluding tert-OH is 2. The molecule has 0 spiro atoms. The van der Waals surface area contributed by atoms with Crippen LogP contribution in [0, 0.1) is 0 Å². The molecule has 6 unspecified atom stereocenters. The minimum absolute atomic E-state index is 0.0155. The number of primary amides is 1. The lowest BCUT2D eigenvalue weighted by molar-refractivity contribution is -0.0613. The highest BCUT2D eigenvalue weighted by Crippen LogP contribution is 2.44. The van der Waals surface area contributed by atoms with Gasteiger partial charge in [0.1, 0.15) is 24.6 Å². The fourth-order valence-corrected chi connectivity index (χ4v) is 5.21. The number of carbonyl (C=O) groups is 1. The number of thioether (sulfide) groups is 1. The van der Waals surface area contributed by atoms with E-state index in [0.29, 0.717) is 5.75 Å². The Labute approximate surface area is 222 Å². The SMILES string of the molecule is CCCCCCCCC(C)O[C@H](COP(=O)(O)OCC1OC(n2cnc(C(N)=O)n2)C(O)C1O)CSC. The van der Waals surface area contributed by atoms with Crippen LogP contribution >= 0.6 is 19.6 Å². The molecule has 5 N–H and O–H groups in total. The lowest BCUT2D eigenvalue weighted by Crippen LogP contribution is -2.34. The summed E-state index contributed by atoms with van der Waals surface area (Å²) in [6, 6.07) is 0. The first-order valence-electron chi connectivity index (χ1n) is 12.6. The van der Waals surface area contributed by atoms with Crippen LogP contribution in [0.1, 0.15) is 75.6 Å². The number of phosphoric acid groups is 1. The molecule has 1 aromatic rings. The number of aromatic nitrogens is 3. The number of aliphatic hydroxyl groups is 2. The second kappa shape index (κ2) is 16.1. The van der Waals surface area contributed by atoms with E-state index in [1.54, 1.807) is 0 Å². The molecule has 214 valence electrons. The molecule has 2 heterocycles. The molecule has 37 heavy (non-hydrogen) atoms. The zero-order valence-corrected chi connectivity index (χ0v) is 23.4. The van der Waals surface area contributed by atoms with Gasteiger partial charge < -0.3 is 30.3 Å². The molecular weight excluding hydrogens is 527 g/mol. The number of rotatable bonds is 19. The summed E-state index contributed by atoms with van der Waals surface area (Å²) in [5, 5.41) is 24.3. The number of hydrogen-bond acceptors (Lipinski definition) is 11. The fourth-order valence-electron chi connectivity index (χ4n) is 3.90. The lowest BCUT2D eigenvalue weighted by Gasteiger charge is -2.23. The van der Waals surface area contributed by atoms with E-state index in [1.807, 2.05) is 13.2 Å². The molecule has 1 aromatic heterocycles. The first-order chi connectivity index (χ1) is 17.6. The first-order valence-corrected chi connectivity index (χ1v) is 15.5. The third-order valence-electron chi connectivity index (χ3n) is 5.89. The van der Waals surface area contributed by atoms with Gasteiger partial charge in [0.25, 0.3) is 5.91 Å². The highest BCUT2D eigenvalue weighted by molar-refractivity contribution is 7.98. The lowest BCUT2D eigenvalue weighted by atomic mass is 10.1. The van der Waals surface area contributed by atoms with Crippen molar-refractivity contribution in [3.05, 3.63) is 12.2 Å². The van der Waals surface area contributed by atoms with Crippen LogP contribution in [0.4, 0.5) is 0 Å². The molecule has 15 heteroatoms. The Hall–Kier alpha value is -1.09. The van der Waals surface area contributed by atoms with Gasteiger partial charge in [0.2, 0.25) is 5.82 Å². The van der Waals surface area contributed by atoms with Crippen LogP contribution in [0.15, 0.2) is 6.33 Å². The monoisotopic (exact) mass is 568 g/mol. The molecule has 7 atom stereocenters. The molecule has 1 amide bonds. The van der Waals surface area contributed by atoms with E-state index in [0.717, 1.165) is 30.3 Å². The van der Waals surface area contributed by atoms with Crippen molar-refractivity contribution < 1.29 is 43.0 Å².